The first kappa shape index (κ1) is 12.8. The third-order valence-electron chi connectivity index (χ3n) is 3.31. The van der Waals surface area contributed by atoms with Crippen LogP contribution in [0.5, 0.6) is 0 Å². The Balaban J connectivity index is 1.93. The zero-order chi connectivity index (χ0) is 13.4. The minimum atomic E-state index is -0.252. The standard InChI is InChI=1S/C13H14BrN3O2/c14-9-1-2-12-15-10(5-13(19)17(12)6-9)7-16-4-3-11(18)8-16/h1-2,5-6,11,18H,3-4,7-8H2/t11-/m1/s1. The molecule has 3 rings (SSSR count). The van der Waals surface area contributed by atoms with E-state index in [-0.39, 0.29) is 11.7 Å². The van der Waals surface area contributed by atoms with Gasteiger partial charge in [0.05, 0.1) is 11.8 Å². The van der Waals surface area contributed by atoms with Gasteiger partial charge in [-0.05, 0) is 34.5 Å². The van der Waals surface area contributed by atoms with E-state index in [0.29, 0.717) is 18.7 Å². The van der Waals surface area contributed by atoms with Crippen LogP contribution in [0, 0.1) is 0 Å². The van der Waals surface area contributed by atoms with Gasteiger partial charge >= 0.3 is 0 Å². The largest absolute Gasteiger partial charge is 0.392 e. The first-order valence-corrected chi connectivity index (χ1v) is 6.99. The summed E-state index contributed by atoms with van der Waals surface area (Å²) in [5, 5.41) is 9.50. The van der Waals surface area contributed by atoms with Crippen LogP contribution in [0.15, 0.2) is 33.7 Å². The summed E-state index contributed by atoms with van der Waals surface area (Å²) in [5.41, 5.74) is 1.31. The molecule has 2 aromatic heterocycles. The maximum absolute atomic E-state index is 12.0. The number of likely N-dealkylation sites (tertiary alicyclic amines) is 1. The highest BCUT2D eigenvalue weighted by atomic mass is 79.9. The first-order chi connectivity index (χ1) is 9.11. The highest BCUT2D eigenvalue weighted by Gasteiger charge is 2.20. The van der Waals surface area contributed by atoms with Crippen molar-refractivity contribution in [1.82, 2.24) is 14.3 Å². The van der Waals surface area contributed by atoms with Crippen molar-refractivity contribution in [3.8, 4) is 0 Å². The fraction of sp³-hybridized carbons (Fsp3) is 0.385. The fourth-order valence-corrected chi connectivity index (χ4v) is 2.73. The fourth-order valence-electron chi connectivity index (χ4n) is 2.39. The molecule has 0 aliphatic carbocycles. The van der Waals surface area contributed by atoms with E-state index in [0.717, 1.165) is 23.1 Å². The number of aliphatic hydroxyl groups excluding tert-OH is 1. The van der Waals surface area contributed by atoms with Crippen molar-refractivity contribution in [1.29, 1.82) is 0 Å². The Labute approximate surface area is 118 Å². The van der Waals surface area contributed by atoms with Gasteiger partial charge in [-0.15, -0.1) is 0 Å². The summed E-state index contributed by atoms with van der Waals surface area (Å²) >= 11 is 3.34. The summed E-state index contributed by atoms with van der Waals surface area (Å²) < 4.78 is 2.37. The SMILES string of the molecule is O=c1cc(CN2CC[C@@H](O)C2)nc2ccc(Br)cn12. The average Bonchev–Trinajstić information content (AvgIpc) is 2.76. The summed E-state index contributed by atoms with van der Waals surface area (Å²) in [5.74, 6) is 0. The van der Waals surface area contributed by atoms with E-state index >= 15 is 0 Å². The molecule has 2 aromatic rings. The van der Waals surface area contributed by atoms with Gasteiger partial charge in [-0.3, -0.25) is 14.1 Å². The number of halogens is 1. The van der Waals surface area contributed by atoms with Gasteiger partial charge < -0.3 is 5.11 Å². The minimum absolute atomic E-state index is 0.0824. The smallest absolute Gasteiger partial charge is 0.258 e. The number of fused-ring (bicyclic) bond motifs is 1. The Morgan fingerprint density at radius 3 is 3.05 bits per heavy atom. The molecule has 0 saturated carbocycles. The number of rotatable bonds is 2. The normalized spacial score (nSPS) is 20.2. The molecule has 0 aromatic carbocycles. The number of hydrogen-bond donors (Lipinski definition) is 1. The molecule has 1 aliphatic rings. The molecule has 0 amide bonds. The van der Waals surface area contributed by atoms with Crippen molar-refractivity contribution < 1.29 is 5.11 Å². The number of aromatic nitrogens is 2. The van der Waals surface area contributed by atoms with Gasteiger partial charge in [0.25, 0.3) is 5.56 Å². The molecule has 100 valence electrons. The lowest BCUT2D eigenvalue weighted by atomic mass is 10.3. The third-order valence-corrected chi connectivity index (χ3v) is 3.78. The molecule has 5 nitrogen and oxygen atoms in total. The monoisotopic (exact) mass is 323 g/mol. The van der Waals surface area contributed by atoms with Crippen LogP contribution < -0.4 is 5.56 Å². The van der Waals surface area contributed by atoms with Crippen molar-refractivity contribution in [3.63, 3.8) is 0 Å². The van der Waals surface area contributed by atoms with Crippen LogP contribution in [0.2, 0.25) is 0 Å². The van der Waals surface area contributed by atoms with Gasteiger partial charge in [0.2, 0.25) is 0 Å². The highest BCUT2D eigenvalue weighted by Crippen LogP contribution is 2.13. The molecule has 0 radical (unpaired) electrons. The van der Waals surface area contributed by atoms with Gasteiger partial charge in [-0.1, -0.05) is 0 Å². The van der Waals surface area contributed by atoms with Crippen LogP contribution in [0.4, 0.5) is 0 Å². The van der Waals surface area contributed by atoms with Crippen LogP contribution in [0.25, 0.3) is 5.65 Å². The third kappa shape index (κ3) is 2.70. The van der Waals surface area contributed by atoms with E-state index in [4.69, 9.17) is 0 Å². The molecule has 19 heavy (non-hydrogen) atoms. The molecular formula is C13H14BrN3O2. The molecule has 0 bridgehead atoms. The van der Waals surface area contributed by atoms with Crippen LogP contribution in [-0.2, 0) is 6.54 Å². The maximum atomic E-state index is 12.0. The Morgan fingerprint density at radius 1 is 1.47 bits per heavy atom. The van der Waals surface area contributed by atoms with E-state index < -0.39 is 0 Å². The molecule has 0 spiro atoms. The number of β-amino-alcohol motifs (C(OH)–C–C–N with tert-alkyl or cyclic N) is 1. The number of nitrogens with zero attached hydrogens (tertiary/aromatic N) is 3. The molecule has 1 fully saturated rings. The number of aliphatic hydroxyl groups is 1. The highest BCUT2D eigenvalue weighted by molar-refractivity contribution is 9.10. The van der Waals surface area contributed by atoms with Crippen molar-refractivity contribution in [2.45, 2.75) is 19.1 Å². The van der Waals surface area contributed by atoms with Gasteiger partial charge in [0.1, 0.15) is 5.65 Å². The van der Waals surface area contributed by atoms with E-state index in [9.17, 15) is 9.90 Å². The quantitative estimate of drug-likeness (QED) is 0.896. The van der Waals surface area contributed by atoms with Crippen molar-refractivity contribution in [2.75, 3.05) is 13.1 Å². The molecule has 1 atom stereocenters. The summed E-state index contributed by atoms with van der Waals surface area (Å²) in [6.07, 6.45) is 2.26. The molecule has 0 unspecified atom stereocenters. The van der Waals surface area contributed by atoms with Crippen molar-refractivity contribution in [3.05, 3.63) is 44.9 Å². The second-order valence-corrected chi connectivity index (χ2v) is 5.75. The lowest BCUT2D eigenvalue weighted by molar-refractivity contribution is 0.174. The van der Waals surface area contributed by atoms with Crippen LogP contribution >= 0.6 is 15.9 Å². The molecule has 1 saturated heterocycles. The second kappa shape index (κ2) is 5.03. The van der Waals surface area contributed by atoms with Crippen molar-refractivity contribution >= 4 is 21.6 Å². The Hall–Kier alpha value is -1.24. The van der Waals surface area contributed by atoms with Gasteiger partial charge in [0.15, 0.2) is 0 Å². The summed E-state index contributed by atoms with van der Waals surface area (Å²) in [7, 11) is 0. The lowest BCUT2D eigenvalue weighted by Gasteiger charge is -2.14. The van der Waals surface area contributed by atoms with Crippen LogP contribution in [-0.4, -0.2) is 38.6 Å². The Kier molecular flexibility index (Phi) is 3.38. The van der Waals surface area contributed by atoms with E-state index in [1.807, 2.05) is 12.1 Å². The lowest BCUT2D eigenvalue weighted by Crippen LogP contribution is -2.24. The second-order valence-electron chi connectivity index (χ2n) is 4.84. The molecule has 1 N–H and O–H groups in total. The summed E-state index contributed by atoms with van der Waals surface area (Å²) in [6.45, 7) is 2.11. The van der Waals surface area contributed by atoms with Gasteiger partial charge in [-0.25, -0.2) is 4.98 Å². The summed E-state index contributed by atoms with van der Waals surface area (Å²) in [6, 6.07) is 5.24. The van der Waals surface area contributed by atoms with Crippen LogP contribution in [0.3, 0.4) is 0 Å². The van der Waals surface area contributed by atoms with E-state index in [1.165, 1.54) is 4.40 Å². The molecule has 6 heteroatoms. The number of pyridine rings is 1. The average molecular weight is 324 g/mol. The Morgan fingerprint density at radius 2 is 2.32 bits per heavy atom. The van der Waals surface area contributed by atoms with E-state index in [2.05, 4.69) is 25.8 Å². The predicted molar refractivity (Wildman–Crippen MR) is 75.1 cm³/mol. The zero-order valence-electron chi connectivity index (χ0n) is 10.3. The molecular weight excluding hydrogens is 310 g/mol. The van der Waals surface area contributed by atoms with Gasteiger partial charge in [-0.2, -0.15) is 0 Å². The van der Waals surface area contributed by atoms with Gasteiger partial charge in [0, 0.05) is 36.4 Å². The van der Waals surface area contributed by atoms with Crippen LogP contribution in [0.1, 0.15) is 12.1 Å². The molecule has 1 aliphatic heterocycles. The maximum Gasteiger partial charge on any atom is 0.258 e. The summed E-state index contributed by atoms with van der Waals surface area (Å²) in [4.78, 5) is 18.6. The van der Waals surface area contributed by atoms with Crippen molar-refractivity contribution in [2.24, 2.45) is 0 Å². The predicted octanol–water partition coefficient (Wildman–Crippen LogP) is 1.02. The number of hydrogen-bond acceptors (Lipinski definition) is 4. The topological polar surface area (TPSA) is 57.8 Å². The molecule has 3 heterocycles. The minimum Gasteiger partial charge on any atom is -0.392 e. The van der Waals surface area contributed by atoms with E-state index in [1.54, 1.807) is 12.3 Å². The first-order valence-electron chi connectivity index (χ1n) is 6.20. The Bertz CT molecular complexity index is 670. The zero-order valence-corrected chi connectivity index (χ0v) is 11.9.